The number of anilines is 12. The zero-order chi connectivity index (χ0) is 94.6. The molecule has 0 saturated heterocycles. The summed E-state index contributed by atoms with van der Waals surface area (Å²) in [5.41, 5.74) is 22.3. The van der Waals surface area contributed by atoms with Crippen molar-refractivity contribution in [2.75, 3.05) is 47.0 Å². The number of thiophene rings is 4. The number of rotatable bonds is 34. The third-order valence-electron chi connectivity index (χ3n) is 23.0. The first-order valence-electron chi connectivity index (χ1n) is 45.1. The number of thiazole rings is 4. The number of carbonyl (C=O) groups excluding carboxylic acids is 5. The predicted octanol–water partition coefficient (Wildman–Crippen LogP) is 32.1. The number of esters is 2. The van der Waals surface area contributed by atoms with Crippen LogP contribution in [0.25, 0.3) is 101 Å². The minimum absolute atomic E-state index is 0.200. The van der Waals surface area contributed by atoms with Gasteiger partial charge in [-0.15, -0.1) is 45.3 Å². The maximum atomic E-state index is 12.2. The summed E-state index contributed by atoms with van der Waals surface area (Å²) in [6, 6.07) is 128. The number of Topliss-reactive ketones (excluding diaryl/α,β-unsaturated/α-hetero) is 1. The van der Waals surface area contributed by atoms with Gasteiger partial charge in [-0.2, -0.15) is 9.59 Å². The van der Waals surface area contributed by atoms with Gasteiger partial charge in [-0.25, -0.2) is 19.9 Å². The molecule has 16 nitrogen and oxygen atoms in total. The van der Waals surface area contributed by atoms with E-state index in [2.05, 4.69) is 372 Å². The van der Waals surface area contributed by atoms with Crippen LogP contribution in [0.5, 0.6) is 0 Å². The van der Waals surface area contributed by atoms with Gasteiger partial charge >= 0.3 is 18.1 Å². The van der Waals surface area contributed by atoms with Gasteiger partial charge in [0, 0.05) is 114 Å². The van der Waals surface area contributed by atoms with Crippen LogP contribution in [0.1, 0.15) is 61.8 Å². The third kappa shape index (κ3) is 22.8. The first-order chi connectivity index (χ1) is 67.7. The van der Waals surface area contributed by atoms with Crippen molar-refractivity contribution in [3.8, 4) is 81.3 Å². The Kier molecular flexibility index (Phi) is 30.7. The van der Waals surface area contributed by atoms with Crippen molar-refractivity contribution in [1.29, 1.82) is 0 Å². The average Bonchev–Trinajstić information content (AvgIpc) is 1.54. The number of hydrogen-bond donors (Lipinski definition) is 0. The van der Waals surface area contributed by atoms with Crippen LogP contribution in [0.15, 0.2) is 364 Å². The van der Waals surface area contributed by atoms with Gasteiger partial charge in [-0.05, 0) is 271 Å². The highest BCUT2D eigenvalue weighted by Crippen LogP contribution is 2.49. The number of aryl methyl sites for hydroxylation is 4. The molecule has 0 spiro atoms. The highest BCUT2D eigenvalue weighted by Gasteiger charge is 2.24. The number of nitrogens with zero attached hydrogens (tertiary/aromatic N) is 8. The van der Waals surface area contributed by atoms with Crippen molar-refractivity contribution in [2.45, 2.75) is 65.2 Å². The zero-order valence-corrected chi connectivity index (χ0v) is 82.4. The topological polar surface area (TPSA) is 178 Å². The lowest BCUT2D eigenvalue weighted by Gasteiger charge is -2.25. The molecule has 20 aromatic rings. The molecule has 0 unspecified atom stereocenters. The Morgan fingerprint density at radius 3 is 0.732 bits per heavy atom. The van der Waals surface area contributed by atoms with Gasteiger partial charge in [0.1, 0.15) is 32.4 Å². The standard InChI is InChI=1S/C58H48N4O4S4.C55H44N4O2S4.CO2/c1-39(63)13-14-40-15-24-46(25-16-40)61(44-9-5-3-6-10-44)48-28-20-42(21-29-48)50-32-34-52(67-50)55-59-57-58(69-55)60-56(70-57)53-35-33-51(68-53)43-22-30-49(31-23-43)62(45-11-7-4-8-12-45)47-26-17-41(18-27-47)19-36-54(64)66-38-37-65-2;1-3-10-37-15-24-43(25-16-37)58(41-11-6-4-7-12-41)45-28-20-39(21-29-45)47-32-34-49(62-47)52-56-54-55(64-52)57-53(65-54)50-35-33-48(63-50)40-22-30-46(31-23-40)59(42-13-8-5-9-14-42)44-26-17-38(18-27-44)19-36-51(60)61-2;2-1-3/h3-12,15-18,20-35H,13-14,19,36-38H2,1-2H3;4-9,11-18,20-35H,3,10,19,36H2,1-2H3;. The van der Waals surface area contributed by atoms with E-state index in [9.17, 15) is 14.4 Å². The van der Waals surface area contributed by atoms with Crippen molar-refractivity contribution in [3.05, 3.63) is 386 Å². The predicted molar refractivity (Wildman–Crippen MR) is 574 cm³/mol. The van der Waals surface area contributed by atoms with Crippen LogP contribution >= 0.6 is 90.7 Å². The van der Waals surface area contributed by atoms with Crippen LogP contribution in [0.2, 0.25) is 0 Å². The van der Waals surface area contributed by atoms with Gasteiger partial charge in [0.05, 0.1) is 33.2 Å². The first-order valence-corrected chi connectivity index (χ1v) is 51.6. The summed E-state index contributed by atoms with van der Waals surface area (Å²) in [6.07, 6.45) is 5.72. The first kappa shape index (κ1) is 94.0. The van der Waals surface area contributed by atoms with Gasteiger partial charge in [-0.1, -0.05) is 229 Å². The summed E-state index contributed by atoms with van der Waals surface area (Å²) in [6.45, 7) is 4.54. The lowest BCUT2D eigenvalue weighted by Crippen LogP contribution is -2.11. The molecule has 0 aliphatic heterocycles. The normalized spacial score (nSPS) is 11.0. The number of methoxy groups -OCH3 is 2. The molecular weight excluding hydrogens is 1870 g/mol. The van der Waals surface area contributed by atoms with Crippen LogP contribution in [-0.2, 0) is 63.9 Å². The van der Waals surface area contributed by atoms with Crippen molar-refractivity contribution in [3.63, 3.8) is 0 Å². The number of ketones is 1. The van der Waals surface area contributed by atoms with Crippen LogP contribution in [0.4, 0.5) is 68.2 Å². The van der Waals surface area contributed by atoms with E-state index >= 15 is 0 Å². The molecule has 0 amide bonds. The highest BCUT2D eigenvalue weighted by molar-refractivity contribution is 7.33. The van der Waals surface area contributed by atoms with E-state index in [1.807, 2.05) is 18.2 Å². The van der Waals surface area contributed by atoms with Crippen molar-refractivity contribution in [1.82, 2.24) is 19.9 Å². The summed E-state index contributed by atoms with van der Waals surface area (Å²) < 4.78 is 15.0. The lowest BCUT2D eigenvalue weighted by molar-refractivity contribution is -0.191. The number of carbonyl (C=O) groups is 3. The second-order valence-electron chi connectivity index (χ2n) is 32.3. The molecule has 0 N–H and O–H groups in total. The largest absolute Gasteiger partial charge is 0.469 e. The van der Waals surface area contributed by atoms with Gasteiger partial charge < -0.3 is 38.6 Å². The van der Waals surface area contributed by atoms with Gasteiger partial charge in [0.25, 0.3) is 0 Å². The van der Waals surface area contributed by atoms with Crippen molar-refractivity contribution >= 4 is 202 Å². The molecule has 0 fully saturated rings. The molecule has 24 heteroatoms. The van der Waals surface area contributed by atoms with E-state index in [1.165, 1.54) is 37.7 Å². The smallest absolute Gasteiger partial charge is 0.373 e. The van der Waals surface area contributed by atoms with E-state index in [0.717, 1.165) is 180 Å². The fourth-order valence-corrected chi connectivity index (χ4v) is 24.4. The number of para-hydroxylation sites is 4. The maximum absolute atomic E-state index is 12.2. The maximum Gasteiger partial charge on any atom is 0.373 e. The Morgan fingerprint density at radius 2 is 0.493 bits per heavy atom. The molecule has 0 aliphatic carbocycles. The molecule has 0 bridgehead atoms. The Bertz CT molecular complexity index is 7420. The molecule has 0 radical (unpaired) electrons. The van der Waals surface area contributed by atoms with Crippen LogP contribution in [-0.4, -0.2) is 71.2 Å². The fraction of sp³-hybridized carbons (Fsp3) is 0.123. The average molecular weight is 1960 g/mol. The Hall–Kier alpha value is -14.4. The summed E-state index contributed by atoms with van der Waals surface area (Å²) in [7, 11) is 3.02. The van der Waals surface area contributed by atoms with Crippen LogP contribution in [0.3, 0.4) is 0 Å². The molecule has 138 heavy (non-hydrogen) atoms. The highest BCUT2D eigenvalue weighted by atomic mass is 32.1. The number of benzene rings is 12. The van der Waals surface area contributed by atoms with E-state index in [-0.39, 0.29) is 30.5 Å². The Balaban J connectivity index is 0.000000179. The Morgan fingerprint density at radius 1 is 0.268 bits per heavy atom. The van der Waals surface area contributed by atoms with E-state index in [0.29, 0.717) is 38.7 Å². The van der Waals surface area contributed by atoms with Gasteiger partial charge in [-0.3, -0.25) is 9.59 Å². The molecule has 8 heterocycles. The molecule has 0 aliphatic rings. The lowest BCUT2D eigenvalue weighted by atomic mass is 10.1. The Labute approximate surface area is 833 Å². The monoisotopic (exact) mass is 1960 g/mol. The molecule has 0 atom stereocenters. The molecule has 8 aromatic heterocycles. The third-order valence-corrected chi connectivity index (χ3v) is 32.3. The number of ether oxygens (including phenoxy) is 3. The van der Waals surface area contributed by atoms with Crippen LogP contribution in [0, 0.1) is 0 Å². The molecule has 20 rings (SSSR count). The van der Waals surface area contributed by atoms with E-state index < -0.39 is 0 Å². The van der Waals surface area contributed by atoms with E-state index in [1.54, 1.807) is 105 Å². The second kappa shape index (κ2) is 45.1. The SMILES string of the molecule is CCCc1ccc(N(c2ccccc2)c2ccc(-c3ccc(-c4nc5sc(-c6ccc(-c7ccc(N(c8ccccc8)c8ccc(CCC(=O)OC)cc8)cc7)s6)nc5s4)s3)cc2)cc1.COCCOC(=O)CCc1ccc(N(c2ccccc2)c2ccc(-c3ccc(-c4nc5sc(-c6ccc(-c7ccc(N(c8ccccc8)c8ccc(CCC(C)=O)cc8)cc7)s6)nc5s4)s3)cc2)cc1.O=C=O. The summed E-state index contributed by atoms with van der Waals surface area (Å²) in [5.74, 6) is -0.214. The second-order valence-corrected chi connectivity index (χ2v) is 40.6. The minimum Gasteiger partial charge on any atom is -0.469 e. The van der Waals surface area contributed by atoms with Crippen molar-refractivity contribution in [2.24, 2.45) is 0 Å². The summed E-state index contributed by atoms with van der Waals surface area (Å²) >= 11 is 13.6. The molecule has 684 valence electrons. The van der Waals surface area contributed by atoms with Crippen LogP contribution < -0.4 is 19.6 Å². The summed E-state index contributed by atoms with van der Waals surface area (Å²) in [5, 5.41) is 3.97. The molecule has 12 aromatic carbocycles. The van der Waals surface area contributed by atoms with Crippen molar-refractivity contribution < 1.29 is 38.2 Å². The van der Waals surface area contributed by atoms with E-state index in [4.69, 9.17) is 43.7 Å². The zero-order valence-electron chi connectivity index (χ0n) is 75.8. The molecular formula is C114H92N8O8S8. The van der Waals surface area contributed by atoms with Gasteiger partial charge in [0.15, 0.2) is 19.3 Å². The quantitative estimate of drug-likeness (QED) is 0.0274. The van der Waals surface area contributed by atoms with Gasteiger partial charge in [0.2, 0.25) is 0 Å². The number of hydrogen-bond acceptors (Lipinski definition) is 24. The molecule has 0 saturated carbocycles. The fourth-order valence-electron chi connectivity index (χ4n) is 16.1. The number of aromatic nitrogens is 4. The number of fused-ring (bicyclic) bond motifs is 2. The minimum atomic E-state index is -0.220. The summed E-state index contributed by atoms with van der Waals surface area (Å²) in [4.78, 5) is 94.2.